The topological polar surface area (TPSA) is 12.5 Å². The lowest BCUT2D eigenvalue weighted by atomic mass is 9.85. The van der Waals surface area contributed by atoms with Crippen molar-refractivity contribution in [3.63, 3.8) is 0 Å². The fourth-order valence-electron chi connectivity index (χ4n) is 2.51. The zero-order valence-electron chi connectivity index (χ0n) is 8.83. The van der Waals surface area contributed by atoms with Gasteiger partial charge in [0, 0.05) is 12.6 Å². The minimum Gasteiger partial charge on any atom is -0.363 e. The molecular formula is C11H21NO. The summed E-state index contributed by atoms with van der Waals surface area (Å²) >= 11 is 0. The van der Waals surface area contributed by atoms with Crippen LogP contribution in [0.25, 0.3) is 0 Å². The van der Waals surface area contributed by atoms with Crippen LogP contribution in [0.3, 0.4) is 0 Å². The Balaban J connectivity index is 1.91. The molecule has 76 valence electrons. The minimum absolute atomic E-state index is 0.587. The average Bonchev–Trinajstić information content (AvgIpc) is 2.17. The molecule has 2 nitrogen and oxygen atoms in total. The maximum absolute atomic E-state index is 5.88. The third-order valence-electron chi connectivity index (χ3n) is 3.49. The van der Waals surface area contributed by atoms with Gasteiger partial charge in [-0.05, 0) is 32.6 Å². The van der Waals surface area contributed by atoms with Gasteiger partial charge in [-0.3, -0.25) is 4.90 Å². The molecule has 1 aliphatic heterocycles. The quantitative estimate of drug-likeness (QED) is 0.618. The van der Waals surface area contributed by atoms with Gasteiger partial charge in [0.05, 0.1) is 12.8 Å². The van der Waals surface area contributed by atoms with Gasteiger partial charge in [0.2, 0.25) is 0 Å². The largest absolute Gasteiger partial charge is 0.363 e. The van der Waals surface area contributed by atoms with Crippen molar-refractivity contribution in [3.8, 4) is 0 Å². The van der Waals surface area contributed by atoms with E-state index in [0.717, 1.165) is 12.6 Å². The summed E-state index contributed by atoms with van der Waals surface area (Å²) < 4.78 is 5.88. The highest BCUT2D eigenvalue weighted by atomic mass is 16.5. The number of ether oxygens (including phenoxy) is 1. The first kappa shape index (κ1) is 9.47. The highest BCUT2D eigenvalue weighted by Gasteiger charge is 2.32. The SMILES string of the molecule is CC(C)N1COC2CCCCC2C1. The number of hydrogen-bond acceptors (Lipinski definition) is 2. The van der Waals surface area contributed by atoms with Gasteiger partial charge in [-0.2, -0.15) is 0 Å². The Morgan fingerprint density at radius 3 is 2.77 bits per heavy atom. The molecule has 0 spiro atoms. The van der Waals surface area contributed by atoms with Crippen LogP contribution < -0.4 is 0 Å². The van der Waals surface area contributed by atoms with Gasteiger partial charge < -0.3 is 4.74 Å². The predicted octanol–water partition coefficient (Wildman–Crippen LogP) is 2.24. The lowest BCUT2D eigenvalue weighted by Gasteiger charge is -2.42. The van der Waals surface area contributed by atoms with E-state index in [1.54, 1.807) is 0 Å². The summed E-state index contributed by atoms with van der Waals surface area (Å²) in [5.74, 6) is 0.824. The molecule has 1 saturated heterocycles. The average molecular weight is 183 g/mol. The summed E-state index contributed by atoms with van der Waals surface area (Å²) in [6.45, 7) is 6.64. The second-order valence-corrected chi connectivity index (χ2v) is 4.74. The van der Waals surface area contributed by atoms with Gasteiger partial charge in [-0.15, -0.1) is 0 Å². The molecule has 2 atom stereocenters. The van der Waals surface area contributed by atoms with Crippen molar-refractivity contribution >= 4 is 0 Å². The van der Waals surface area contributed by atoms with Crippen LogP contribution in [0.15, 0.2) is 0 Å². The van der Waals surface area contributed by atoms with E-state index in [4.69, 9.17) is 4.74 Å². The first-order valence-electron chi connectivity index (χ1n) is 5.63. The Morgan fingerprint density at radius 2 is 2.00 bits per heavy atom. The van der Waals surface area contributed by atoms with Gasteiger partial charge in [-0.25, -0.2) is 0 Å². The van der Waals surface area contributed by atoms with Crippen molar-refractivity contribution in [3.05, 3.63) is 0 Å². The van der Waals surface area contributed by atoms with E-state index < -0.39 is 0 Å². The molecule has 2 fully saturated rings. The van der Waals surface area contributed by atoms with Crippen molar-refractivity contribution in [2.75, 3.05) is 13.3 Å². The van der Waals surface area contributed by atoms with Gasteiger partial charge in [0.1, 0.15) is 0 Å². The molecule has 0 aromatic heterocycles. The second-order valence-electron chi connectivity index (χ2n) is 4.74. The van der Waals surface area contributed by atoms with Crippen molar-refractivity contribution in [2.24, 2.45) is 5.92 Å². The van der Waals surface area contributed by atoms with Crippen LogP contribution in [0.1, 0.15) is 39.5 Å². The molecule has 0 aromatic carbocycles. The summed E-state index contributed by atoms with van der Waals surface area (Å²) in [7, 11) is 0. The number of fused-ring (bicyclic) bond motifs is 1. The smallest absolute Gasteiger partial charge is 0.0996 e. The van der Waals surface area contributed by atoms with Crippen LogP contribution in [0.5, 0.6) is 0 Å². The van der Waals surface area contributed by atoms with Crippen LogP contribution in [0, 0.1) is 5.92 Å². The Hall–Kier alpha value is -0.0800. The van der Waals surface area contributed by atoms with Gasteiger partial charge in [0.15, 0.2) is 0 Å². The third kappa shape index (κ3) is 2.05. The van der Waals surface area contributed by atoms with E-state index in [1.165, 1.54) is 32.2 Å². The highest BCUT2D eigenvalue weighted by Crippen LogP contribution is 2.31. The fraction of sp³-hybridized carbons (Fsp3) is 1.00. The zero-order valence-corrected chi connectivity index (χ0v) is 8.83. The van der Waals surface area contributed by atoms with Crippen LogP contribution in [-0.2, 0) is 4.74 Å². The molecule has 2 rings (SSSR count). The van der Waals surface area contributed by atoms with E-state index in [-0.39, 0.29) is 0 Å². The number of nitrogens with zero attached hydrogens (tertiary/aromatic N) is 1. The van der Waals surface area contributed by atoms with Gasteiger partial charge in [-0.1, -0.05) is 12.8 Å². The number of hydrogen-bond donors (Lipinski definition) is 0. The summed E-state index contributed by atoms with van der Waals surface area (Å²) in [6.07, 6.45) is 6.06. The lowest BCUT2D eigenvalue weighted by Crippen LogP contribution is -2.48. The molecule has 1 saturated carbocycles. The van der Waals surface area contributed by atoms with E-state index in [1.807, 2.05) is 0 Å². The van der Waals surface area contributed by atoms with Crippen LogP contribution >= 0.6 is 0 Å². The first-order chi connectivity index (χ1) is 6.27. The summed E-state index contributed by atoms with van der Waals surface area (Å²) in [6, 6.07) is 0.642. The first-order valence-corrected chi connectivity index (χ1v) is 5.63. The molecule has 0 amide bonds. The van der Waals surface area contributed by atoms with E-state index in [2.05, 4.69) is 18.7 Å². The Kier molecular flexibility index (Phi) is 2.89. The monoisotopic (exact) mass is 183 g/mol. The molecule has 1 heterocycles. The molecule has 2 heteroatoms. The second kappa shape index (κ2) is 3.97. The predicted molar refractivity (Wildman–Crippen MR) is 53.5 cm³/mol. The summed E-state index contributed by atoms with van der Waals surface area (Å²) in [5, 5.41) is 0. The zero-order chi connectivity index (χ0) is 9.26. The number of rotatable bonds is 1. The van der Waals surface area contributed by atoms with Gasteiger partial charge >= 0.3 is 0 Å². The van der Waals surface area contributed by atoms with Crippen LogP contribution in [0.4, 0.5) is 0 Å². The molecule has 0 bridgehead atoms. The third-order valence-corrected chi connectivity index (χ3v) is 3.49. The molecule has 2 aliphatic rings. The molecule has 0 aromatic rings. The molecule has 0 radical (unpaired) electrons. The molecule has 0 N–H and O–H groups in total. The molecule has 1 aliphatic carbocycles. The Bertz CT molecular complexity index is 169. The van der Waals surface area contributed by atoms with Crippen LogP contribution in [0.2, 0.25) is 0 Å². The summed E-state index contributed by atoms with van der Waals surface area (Å²) in [4.78, 5) is 2.45. The van der Waals surface area contributed by atoms with Crippen molar-refractivity contribution in [1.29, 1.82) is 0 Å². The molecule has 13 heavy (non-hydrogen) atoms. The summed E-state index contributed by atoms with van der Waals surface area (Å²) in [5.41, 5.74) is 0. The standard InChI is InChI=1S/C11H21NO/c1-9(2)12-7-10-5-3-4-6-11(10)13-8-12/h9-11H,3-8H2,1-2H3. The Morgan fingerprint density at radius 1 is 1.23 bits per heavy atom. The Labute approximate surface area is 81.3 Å². The molecule has 2 unspecified atom stereocenters. The van der Waals surface area contributed by atoms with Gasteiger partial charge in [0.25, 0.3) is 0 Å². The maximum atomic E-state index is 5.88. The fourth-order valence-corrected chi connectivity index (χ4v) is 2.51. The van der Waals surface area contributed by atoms with E-state index in [9.17, 15) is 0 Å². The van der Waals surface area contributed by atoms with E-state index in [0.29, 0.717) is 12.1 Å². The maximum Gasteiger partial charge on any atom is 0.0996 e. The normalized spacial score (nSPS) is 36.2. The van der Waals surface area contributed by atoms with Crippen LogP contribution in [-0.4, -0.2) is 30.3 Å². The molecular weight excluding hydrogens is 162 g/mol. The minimum atomic E-state index is 0.587. The van der Waals surface area contributed by atoms with E-state index >= 15 is 0 Å². The lowest BCUT2D eigenvalue weighted by molar-refractivity contribution is -0.126. The highest BCUT2D eigenvalue weighted by molar-refractivity contribution is 4.82. The van der Waals surface area contributed by atoms with Crippen molar-refractivity contribution < 1.29 is 4.74 Å². The van der Waals surface area contributed by atoms with Crippen molar-refractivity contribution in [2.45, 2.75) is 51.7 Å². The van der Waals surface area contributed by atoms with Crippen molar-refractivity contribution in [1.82, 2.24) is 4.90 Å².